The molecule has 0 heterocycles. The third kappa shape index (κ3) is 8.98. The quantitative estimate of drug-likeness (QED) is 0.342. The Kier molecular flexibility index (Phi) is 11.9. The number of aryl methyl sites for hydroxylation is 1. The number of sulfonamides is 1. The van der Waals surface area contributed by atoms with Gasteiger partial charge in [0.2, 0.25) is 21.8 Å². The molecule has 40 heavy (non-hydrogen) atoms. The number of nitrogens with one attached hydrogen (secondary N) is 1. The topological polar surface area (TPSA) is 96.0 Å². The second-order valence-corrected chi connectivity index (χ2v) is 12.5. The van der Waals surface area contributed by atoms with Crippen molar-refractivity contribution < 1.29 is 22.7 Å². The van der Waals surface area contributed by atoms with Crippen LogP contribution in [0.5, 0.6) is 5.75 Å². The zero-order valence-electron chi connectivity index (χ0n) is 24.4. The molecule has 0 aromatic heterocycles. The predicted molar refractivity (Wildman–Crippen MR) is 160 cm³/mol. The fraction of sp³-hybridized carbons (Fsp3) is 0.548. The van der Waals surface area contributed by atoms with E-state index < -0.39 is 16.1 Å². The fourth-order valence-corrected chi connectivity index (χ4v) is 6.30. The maximum absolute atomic E-state index is 13.7. The van der Waals surface area contributed by atoms with Crippen LogP contribution in [-0.4, -0.2) is 57.1 Å². The number of methoxy groups -OCH3 is 1. The van der Waals surface area contributed by atoms with Gasteiger partial charge in [-0.05, 0) is 67.5 Å². The average Bonchev–Trinajstić information content (AvgIpc) is 2.95. The normalized spacial score (nSPS) is 14.8. The smallest absolute Gasteiger partial charge is 0.243 e. The molecule has 3 rings (SSSR count). The summed E-state index contributed by atoms with van der Waals surface area (Å²) >= 11 is 0. The zero-order valence-corrected chi connectivity index (χ0v) is 25.2. The van der Waals surface area contributed by atoms with Crippen molar-refractivity contribution in [3.05, 3.63) is 59.7 Å². The lowest BCUT2D eigenvalue weighted by Crippen LogP contribution is -2.51. The zero-order chi connectivity index (χ0) is 29.1. The number of carbonyl (C=O) groups is 2. The van der Waals surface area contributed by atoms with Gasteiger partial charge in [0, 0.05) is 25.6 Å². The predicted octanol–water partition coefficient (Wildman–Crippen LogP) is 5.06. The number of anilines is 1. The third-order valence-electron chi connectivity index (χ3n) is 7.61. The number of nitrogens with zero attached hydrogens (tertiary/aromatic N) is 2. The SMILES string of the molecule is CCc1ccc(N(CCCC(=O)N(Cc2cccc(OC)c2)[C@@H](CC)C(=O)NC2CCCCC2)S(C)(=O)=O)cc1. The Balaban J connectivity index is 1.76. The molecule has 2 amide bonds. The highest BCUT2D eigenvalue weighted by Crippen LogP contribution is 2.22. The van der Waals surface area contributed by atoms with Crippen LogP contribution in [0.15, 0.2) is 48.5 Å². The Morgan fingerprint density at radius 1 is 1.02 bits per heavy atom. The van der Waals surface area contributed by atoms with E-state index in [0.29, 0.717) is 24.3 Å². The van der Waals surface area contributed by atoms with Gasteiger partial charge in [-0.15, -0.1) is 0 Å². The molecule has 0 aliphatic heterocycles. The van der Waals surface area contributed by atoms with Crippen LogP contribution < -0.4 is 14.4 Å². The largest absolute Gasteiger partial charge is 0.497 e. The number of amides is 2. The van der Waals surface area contributed by atoms with Gasteiger partial charge < -0.3 is 15.0 Å². The molecule has 8 nitrogen and oxygen atoms in total. The average molecular weight is 572 g/mol. The molecule has 1 aliphatic carbocycles. The van der Waals surface area contributed by atoms with Gasteiger partial charge in [-0.3, -0.25) is 13.9 Å². The minimum absolute atomic E-state index is 0.121. The molecule has 0 spiro atoms. The number of ether oxygens (including phenoxy) is 1. The van der Waals surface area contributed by atoms with Crippen LogP contribution in [0.25, 0.3) is 0 Å². The lowest BCUT2D eigenvalue weighted by atomic mass is 9.95. The Morgan fingerprint density at radius 3 is 2.33 bits per heavy atom. The van der Waals surface area contributed by atoms with E-state index in [1.54, 1.807) is 24.1 Å². The van der Waals surface area contributed by atoms with Crippen LogP contribution in [0, 0.1) is 0 Å². The van der Waals surface area contributed by atoms with E-state index in [9.17, 15) is 18.0 Å². The fourth-order valence-electron chi connectivity index (χ4n) is 5.33. The van der Waals surface area contributed by atoms with Crippen LogP contribution in [0.3, 0.4) is 0 Å². The van der Waals surface area contributed by atoms with E-state index in [0.717, 1.165) is 43.2 Å². The Morgan fingerprint density at radius 2 is 1.73 bits per heavy atom. The molecule has 1 saturated carbocycles. The van der Waals surface area contributed by atoms with Crippen molar-refractivity contribution in [2.45, 2.75) is 90.3 Å². The number of carbonyl (C=O) groups excluding carboxylic acids is 2. The van der Waals surface area contributed by atoms with Crippen LogP contribution in [0.2, 0.25) is 0 Å². The molecular formula is C31H45N3O5S. The van der Waals surface area contributed by atoms with Gasteiger partial charge in [0.05, 0.1) is 19.1 Å². The molecule has 1 N–H and O–H groups in total. The van der Waals surface area contributed by atoms with Crippen LogP contribution in [-0.2, 0) is 32.6 Å². The van der Waals surface area contributed by atoms with Gasteiger partial charge in [-0.25, -0.2) is 8.42 Å². The summed E-state index contributed by atoms with van der Waals surface area (Å²) in [5.41, 5.74) is 2.57. The highest BCUT2D eigenvalue weighted by molar-refractivity contribution is 7.92. The lowest BCUT2D eigenvalue weighted by Gasteiger charge is -2.33. The highest BCUT2D eigenvalue weighted by atomic mass is 32.2. The Hall–Kier alpha value is -3.07. The molecule has 0 saturated heterocycles. The summed E-state index contributed by atoms with van der Waals surface area (Å²) < 4.78 is 31.9. The summed E-state index contributed by atoms with van der Waals surface area (Å²) in [4.78, 5) is 28.8. The minimum atomic E-state index is -3.53. The van der Waals surface area contributed by atoms with E-state index in [4.69, 9.17) is 4.74 Å². The van der Waals surface area contributed by atoms with E-state index in [1.165, 1.54) is 17.0 Å². The molecule has 0 radical (unpaired) electrons. The molecule has 2 aromatic carbocycles. The number of rotatable bonds is 14. The molecule has 9 heteroatoms. The summed E-state index contributed by atoms with van der Waals surface area (Å²) in [5.74, 6) is 0.380. The Bertz CT molecular complexity index is 1210. The van der Waals surface area contributed by atoms with Crippen molar-refractivity contribution >= 4 is 27.5 Å². The summed E-state index contributed by atoms with van der Waals surface area (Å²) in [6.07, 6.45) is 8.30. The van der Waals surface area contributed by atoms with E-state index in [-0.39, 0.29) is 37.4 Å². The third-order valence-corrected chi connectivity index (χ3v) is 8.80. The van der Waals surface area contributed by atoms with Gasteiger partial charge in [0.15, 0.2) is 0 Å². The van der Waals surface area contributed by atoms with Crippen molar-refractivity contribution in [1.82, 2.24) is 10.2 Å². The van der Waals surface area contributed by atoms with Crippen molar-refractivity contribution in [3.63, 3.8) is 0 Å². The van der Waals surface area contributed by atoms with Gasteiger partial charge in [-0.2, -0.15) is 0 Å². The van der Waals surface area contributed by atoms with E-state index in [2.05, 4.69) is 5.32 Å². The van der Waals surface area contributed by atoms with Gasteiger partial charge in [-0.1, -0.05) is 57.4 Å². The minimum Gasteiger partial charge on any atom is -0.497 e. The van der Waals surface area contributed by atoms with Gasteiger partial charge in [0.25, 0.3) is 0 Å². The standard InChI is InChI=1S/C31H45N3O5S/c1-5-24-17-19-27(20-18-24)34(40(4,37)38)21-11-16-30(35)33(23-25-12-10-15-28(22-25)39-3)29(6-2)31(36)32-26-13-8-7-9-14-26/h10,12,15,17-20,22,26,29H,5-9,11,13-14,16,21,23H2,1-4H3,(H,32,36)/t29-/m0/s1. The molecule has 1 atom stereocenters. The Labute approximate surface area is 240 Å². The van der Waals surface area contributed by atoms with Crippen molar-refractivity contribution in [1.29, 1.82) is 0 Å². The summed E-state index contributed by atoms with van der Waals surface area (Å²) in [7, 11) is -1.94. The maximum atomic E-state index is 13.7. The first-order valence-electron chi connectivity index (χ1n) is 14.5. The second kappa shape index (κ2) is 15.1. The van der Waals surface area contributed by atoms with E-state index in [1.807, 2.05) is 50.2 Å². The number of benzene rings is 2. The van der Waals surface area contributed by atoms with Crippen LogP contribution in [0.4, 0.5) is 5.69 Å². The van der Waals surface area contributed by atoms with Crippen molar-refractivity contribution in [2.75, 3.05) is 24.2 Å². The van der Waals surface area contributed by atoms with Crippen LogP contribution in [0.1, 0.15) is 76.3 Å². The summed E-state index contributed by atoms with van der Waals surface area (Å²) in [5, 5.41) is 3.19. The molecule has 0 bridgehead atoms. The lowest BCUT2D eigenvalue weighted by molar-refractivity contribution is -0.141. The maximum Gasteiger partial charge on any atom is 0.243 e. The highest BCUT2D eigenvalue weighted by Gasteiger charge is 2.30. The summed E-state index contributed by atoms with van der Waals surface area (Å²) in [6.45, 7) is 4.41. The second-order valence-electron chi connectivity index (χ2n) is 10.6. The van der Waals surface area contributed by atoms with Gasteiger partial charge in [0.1, 0.15) is 11.8 Å². The molecule has 2 aromatic rings. The first-order chi connectivity index (χ1) is 19.2. The summed E-state index contributed by atoms with van der Waals surface area (Å²) in [6, 6.07) is 14.5. The molecule has 220 valence electrons. The first kappa shape index (κ1) is 31.5. The molecule has 1 fully saturated rings. The monoisotopic (exact) mass is 571 g/mol. The number of hydrogen-bond donors (Lipinski definition) is 1. The van der Waals surface area contributed by atoms with E-state index >= 15 is 0 Å². The van der Waals surface area contributed by atoms with Crippen molar-refractivity contribution in [3.8, 4) is 5.75 Å². The van der Waals surface area contributed by atoms with Crippen molar-refractivity contribution in [2.24, 2.45) is 0 Å². The van der Waals surface area contributed by atoms with Gasteiger partial charge >= 0.3 is 0 Å². The first-order valence-corrected chi connectivity index (χ1v) is 16.3. The van der Waals surface area contributed by atoms with Crippen LogP contribution >= 0.6 is 0 Å². The number of hydrogen-bond acceptors (Lipinski definition) is 5. The molecular weight excluding hydrogens is 526 g/mol. The molecule has 1 aliphatic rings. The molecule has 0 unspecified atom stereocenters.